The van der Waals surface area contributed by atoms with Crippen LogP contribution in [0.1, 0.15) is 40.8 Å². The number of piperidine rings is 1. The molecule has 7 nitrogen and oxygen atoms in total. The summed E-state index contributed by atoms with van der Waals surface area (Å²) in [6, 6.07) is 8.57. The number of hydrogen-bond acceptors (Lipinski definition) is 5. The van der Waals surface area contributed by atoms with E-state index >= 15 is 0 Å². The highest BCUT2D eigenvalue weighted by atomic mass is 32.1. The molecule has 31 heavy (non-hydrogen) atoms. The normalized spacial score (nSPS) is 17.5. The van der Waals surface area contributed by atoms with Crippen LogP contribution in [0.4, 0.5) is 0 Å². The second-order valence-corrected chi connectivity index (χ2v) is 9.17. The molecule has 0 radical (unpaired) electrons. The SMILES string of the molecule is CCc1cnc(CCNC(=NC)NCc2cccc(CN3CCCC(C(N)=O)C3)c2)s1. The molecular formula is C23H34N6OS. The summed E-state index contributed by atoms with van der Waals surface area (Å²) in [6.45, 7) is 6.27. The quantitative estimate of drug-likeness (QED) is 0.409. The van der Waals surface area contributed by atoms with Gasteiger partial charge in [-0.3, -0.25) is 14.7 Å². The maximum Gasteiger partial charge on any atom is 0.221 e. The summed E-state index contributed by atoms with van der Waals surface area (Å²) in [5, 5.41) is 7.91. The van der Waals surface area contributed by atoms with Crippen LogP contribution >= 0.6 is 11.3 Å². The molecular weight excluding hydrogens is 408 g/mol. The third-order valence-corrected chi connectivity index (χ3v) is 6.77. The number of hydrogen-bond donors (Lipinski definition) is 3. The van der Waals surface area contributed by atoms with Crippen LogP contribution in [-0.4, -0.2) is 48.4 Å². The first-order valence-electron chi connectivity index (χ1n) is 11.0. The fraction of sp³-hybridized carbons (Fsp3) is 0.522. The van der Waals surface area contributed by atoms with E-state index in [1.807, 2.05) is 6.20 Å². The van der Waals surface area contributed by atoms with E-state index < -0.39 is 0 Å². The van der Waals surface area contributed by atoms with E-state index in [1.54, 1.807) is 18.4 Å². The number of benzene rings is 1. The Balaban J connectivity index is 1.45. The van der Waals surface area contributed by atoms with Crippen LogP contribution in [0.3, 0.4) is 0 Å². The summed E-state index contributed by atoms with van der Waals surface area (Å²) in [5.41, 5.74) is 7.97. The van der Waals surface area contributed by atoms with Gasteiger partial charge in [-0.1, -0.05) is 31.2 Å². The lowest BCUT2D eigenvalue weighted by Crippen LogP contribution is -2.40. The minimum Gasteiger partial charge on any atom is -0.369 e. The molecule has 2 aromatic rings. The van der Waals surface area contributed by atoms with Gasteiger partial charge in [-0.05, 0) is 36.9 Å². The molecule has 0 spiro atoms. The molecule has 1 aromatic carbocycles. The van der Waals surface area contributed by atoms with E-state index in [2.05, 4.69) is 56.7 Å². The molecule has 0 bridgehead atoms. The lowest BCUT2D eigenvalue weighted by atomic mass is 9.97. The lowest BCUT2D eigenvalue weighted by molar-refractivity contribution is -0.123. The molecule has 8 heteroatoms. The van der Waals surface area contributed by atoms with E-state index in [9.17, 15) is 4.79 Å². The van der Waals surface area contributed by atoms with Gasteiger partial charge in [0.2, 0.25) is 5.91 Å². The summed E-state index contributed by atoms with van der Waals surface area (Å²) in [6.07, 6.45) is 5.83. The first kappa shape index (κ1) is 23.2. The van der Waals surface area contributed by atoms with Gasteiger partial charge in [-0.15, -0.1) is 11.3 Å². The summed E-state index contributed by atoms with van der Waals surface area (Å²) >= 11 is 1.78. The number of aromatic nitrogens is 1. The molecule has 4 N–H and O–H groups in total. The maximum absolute atomic E-state index is 11.5. The van der Waals surface area contributed by atoms with Gasteiger partial charge in [0.05, 0.1) is 10.9 Å². The summed E-state index contributed by atoms with van der Waals surface area (Å²) in [7, 11) is 1.79. The Morgan fingerprint density at radius 1 is 1.35 bits per heavy atom. The number of rotatable bonds is 9. The maximum atomic E-state index is 11.5. The Labute approximate surface area is 189 Å². The standard InChI is InChI=1S/C23H34N6OS/c1-3-20-14-27-21(31-20)9-10-26-23(25-2)28-13-17-6-4-7-18(12-17)15-29-11-5-8-19(16-29)22(24)30/h4,6-7,12,14,19H,3,5,8-11,13,15-16H2,1-2H3,(H2,24,30)(H2,25,26,28). The van der Waals surface area contributed by atoms with Crippen molar-refractivity contribution in [3.63, 3.8) is 0 Å². The van der Waals surface area contributed by atoms with Crippen molar-refractivity contribution >= 4 is 23.2 Å². The molecule has 1 aliphatic rings. The highest BCUT2D eigenvalue weighted by Gasteiger charge is 2.23. The molecule has 1 atom stereocenters. The summed E-state index contributed by atoms with van der Waals surface area (Å²) in [4.78, 5) is 24.0. The first-order chi connectivity index (χ1) is 15.1. The molecule has 1 saturated heterocycles. The van der Waals surface area contributed by atoms with Crippen molar-refractivity contribution < 1.29 is 4.79 Å². The zero-order valence-electron chi connectivity index (χ0n) is 18.6. The number of likely N-dealkylation sites (tertiary alicyclic amines) is 1. The van der Waals surface area contributed by atoms with Crippen molar-refractivity contribution in [2.24, 2.45) is 16.6 Å². The minimum atomic E-state index is -0.179. The number of carbonyl (C=O) groups is 1. The highest BCUT2D eigenvalue weighted by Crippen LogP contribution is 2.19. The van der Waals surface area contributed by atoms with Crippen LogP contribution in [0.25, 0.3) is 0 Å². The Morgan fingerprint density at radius 2 is 2.19 bits per heavy atom. The first-order valence-corrected chi connectivity index (χ1v) is 11.9. The fourth-order valence-corrected chi connectivity index (χ4v) is 4.71. The smallest absolute Gasteiger partial charge is 0.221 e. The van der Waals surface area contributed by atoms with Crippen LogP contribution in [0.15, 0.2) is 35.5 Å². The summed E-state index contributed by atoms with van der Waals surface area (Å²) in [5.74, 6) is 0.589. The molecule has 168 valence electrons. The Kier molecular flexibility index (Phi) is 8.85. The largest absolute Gasteiger partial charge is 0.369 e. The number of guanidine groups is 1. The van der Waals surface area contributed by atoms with E-state index in [1.165, 1.54) is 16.0 Å². The molecule has 1 amide bonds. The van der Waals surface area contributed by atoms with Crippen molar-refractivity contribution in [3.8, 4) is 0 Å². The Bertz CT molecular complexity index is 880. The van der Waals surface area contributed by atoms with Crippen LogP contribution in [-0.2, 0) is 30.7 Å². The predicted molar refractivity (Wildman–Crippen MR) is 127 cm³/mol. The third kappa shape index (κ3) is 7.33. The molecule has 1 aromatic heterocycles. The molecule has 3 rings (SSSR count). The van der Waals surface area contributed by atoms with Crippen molar-refractivity contribution in [2.45, 2.75) is 45.7 Å². The van der Waals surface area contributed by atoms with Gasteiger partial charge in [0.25, 0.3) is 0 Å². The van der Waals surface area contributed by atoms with Gasteiger partial charge in [0, 0.05) is 50.7 Å². The number of carbonyl (C=O) groups excluding carboxylic acids is 1. The van der Waals surface area contributed by atoms with Gasteiger partial charge < -0.3 is 16.4 Å². The lowest BCUT2D eigenvalue weighted by Gasteiger charge is -2.31. The zero-order valence-corrected chi connectivity index (χ0v) is 19.4. The predicted octanol–water partition coefficient (Wildman–Crippen LogP) is 2.31. The summed E-state index contributed by atoms with van der Waals surface area (Å²) < 4.78 is 0. The minimum absolute atomic E-state index is 0.0223. The van der Waals surface area contributed by atoms with Gasteiger partial charge in [0.1, 0.15) is 0 Å². The van der Waals surface area contributed by atoms with E-state index in [4.69, 9.17) is 5.73 Å². The molecule has 1 aliphatic heterocycles. The molecule has 1 fully saturated rings. The number of thiazole rings is 1. The number of primary amides is 1. The second-order valence-electron chi connectivity index (χ2n) is 7.97. The fourth-order valence-electron chi connectivity index (χ4n) is 3.85. The van der Waals surface area contributed by atoms with Crippen molar-refractivity contribution in [2.75, 3.05) is 26.7 Å². The number of nitrogens with zero attached hydrogens (tertiary/aromatic N) is 3. The number of nitrogens with one attached hydrogen (secondary N) is 2. The van der Waals surface area contributed by atoms with Crippen LogP contribution in [0.2, 0.25) is 0 Å². The van der Waals surface area contributed by atoms with Gasteiger partial charge in [-0.25, -0.2) is 4.98 Å². The number of aliphatic imine (C=N–C) groups is 1. The molecule has 0 saturated carbocycles. The van der Waals surface area contributed by atoms with Crippen molar-refractivity contribution in [1.29, 1.82) is 0 Å². The van der Waals surface area contributed by atoms with Crippen LogP contribution in [0.5, 0.6) is 0 Å². The number of nitrogens with two attached hydrogens (primary N) is 1. The topological polar surface area (TPSA) is 95.6 Å². The van der Waals surface area contributed by atoms with E-state index in [0.717, 1.165) is 62.8 Å². The van der Waals surface area contributed by atoms with Crippen molar-refractivity contribution in [1.82, 2.24) is 20.5 Å². The Hall–Kier alpha value is -2.45. The van der Waals surface area contributed by atoms with E-state index in [0.29, 0.717) is 6.54 Å². The zero-order chi connectivity index (χ0) is 22.1. The van der Waals surface area contributed by atoms with Crippen LogP contribution in [0, 0.1) is 5.92 Å². The van der Waals surface area contributed by atoms with E-state index in [-0.39, 0.29) is 11.8 Å². The second kappa shape index (κ2) is 11.8. The van der Waals surface area contributed by atoms with Gasteiger partial charge in [-0.2, -0.15) is 0 Å². The molecule has 0 aliphatic carbocycles. The van der Waals surface area contributed by atoms with Gasteiger partial charge >= 0.3 is 0 Å². The Morgan fingerprint density at radius 3 is 2.94 bits per heavy atom. The van der Waals surface area contributed by atoms with Gasteiger partial charge in [0.15, 0.2) is 5.96 Å². The average molecular weight is 443 g/mol. The average Bonchev–Trinajstić information content (AvgIpc) is 3.24. The highest BCUT2D eigenvalue weighted by molar-refractivity contribution is 7.11. The van der Waals surface area contributed by atoms with Crippen LogP contribution < -0.4 is 16.4 Å². The number of aryl methyl sites for hydroxylation is 1. The number of amides is 1. The third-order valence-electron chi connectivity index (χ3n) is 5.57. The van der Waals surface area contributed by atoms with Crippen molar-refractivity contribution in [3.05, 3.63) is 51.5 Å². The monoisotopic (exact) mass is 442 g/mol. The molecule has 2 heterocycles. The molecule has 1 unspecified atom stereocenters.